The molecule has 80 valence electrons. The molecule has 0 bridgehead atoms. The van der Waals surface area contributed by atoms with E-state index in [1.54, 1.807) is 0 Å². The van der Waals surface area contributed by atoms with Gasteiger partial charge in [-0.2, -0.15) is 0 Å². The summed E-state index contributed by atoms with van der Waals surface area (Å²) in [6.07, 6.45) is 3.45. The van der Waals surface area contributed by atoms with Gasteiger partial charge in [0.05, 0.1) is 0 Å². The van der Waals surface area contributed by atoms with E-state index in [-0.39, 0.29) is 6.04 Å². The van der Waals surface area contributed by atoms with Crippen LogP contribution in [0.5, 0.6) is 0 Å². The fourth-order valence-electron chi connectivity index (χ4n) is 0.960. The number of unbranched alkanes of at least 4 members (excludes halogenated alkanes) is 1. The first-order valence-electron chi connectivity index (χ1n) is 5.20. The SMILES string of the molecule is CCCCC(C)NO.c1ccccc1. The zero-order chi connectivity index (χ0) is 10.6. The molecule has 1 atom stereocenters. The number of nitrogens with one attached hydrogen (secondary N) is 1. The van der Waals surface area contributed by atoms with Crippen LogP contribution in [0.15, 0.2) is 36.4 Å². The van der Waals surface area contributed by atoms with Crippen LogP contribution in [0, 0.1) is 0 Å². The quantitative estimate of drug-likeness (QED) is 0.723. The molecule has 1 aromatic rings. The Morgan fingerprint density at radius 3 is 1.79 bits per heavy atom. The Kier molecular flexibility index (Phi) is 9.59. The van der Waals surface area contributed by atoms with Crippen LogP contribution in [0.1, 0.15) is 33.1 Å². The fourth-order valence-corrected chi connectivity index (χ4v) is 0.960. The zero-order valence-corrected chi connectivity index (χ0v) is 9.11. The van der Waals surface area contributed by atoms with Crippen molar-refractivity contribution < 1.29 is 5.21 Å². The minimum atomic E-state index is 0.259. The van der Waals surface area contributed by atoms with Crippen molar-refractivity contribution in [3.63, 3.8) is 0 Å². The molecule has 14 heavy (non-hydrogen) atoms. The van der Waals surface area contributed by atoms with E-state index in [1.165, 1.54) is 12.8 Å². The lowest BCUT2D eigenvalue weighted by atomic mass is 10.2. The molecular weight excluding hydrogens is 174 g/mol. The number of rotatable bonds is 4. The van der Waals surface area contributed by atoms with E-state index >= 15 is 0 Å². The second-order valence-electron chi connectivity index (χ2n) is 3.33. The third-order valence-corrected chi connectivity index (χ3v) is 1.88. The van der Waals surface area contributed by atoms with Gasteiger partial charge in [0.25, 0.3) is 0 Å². The summed E-state index contributed by atoms with van der Waals surface area (Å²) in [5.41, 5.74) is 2.20. The highest BCUT2D eigenvalue weighted by Gasteiger charge is 1.94. The van der Waals surface area contributed by atoms with Gasteiger partial charge in [0, 0.05) is 6.04 Å². The normalized spacial score (nSPS) is 11.4. The van der Waals surface area contributed by atoms with Crippen LogP contribution in [0.2, 0.25) is 0 Å². The van der Waals surface area contributed by atoms with Crippen LogP contribution in [-0.2, 0) is 0 Å². The predicted molar refractivity (Wildman–Crippen MR) is 60.4 cm³/mol. The van der Waals surface area contributed by atoms with Crippen molar-refractivity contribution in [3.05, 3.63) is 36.4 Å². The van der Waals surface area contributed by atoms with Crippen LogP contribution in [-0.4, -0.2) is 11.2 Å². The van der Waals surface area contributed by atoms with Gasteiger partial charge in [-0.25, -0.2) is 5.48 Å². The molecule has 0 aliphatic carbocycles. The molecule has 0 aliphatic rings. The maximum Gasteiger partial charge on any atom is 0.0291 e. The third kappa shape index (κ3) is 9.23. The first kappa shape index (κ1) is 13.1. The molecule has 0 heterocycles. The minimum absolute atomic E-state index is 0.259. The zero-order valence-electron chi connectivity index (χ0n) is 9.11. The van der Waals surface area contributed by atoms with Crippen LogP contribution < -0.4 is 5.48 Å². The van der Waals surface area contributed by atoms with E-state index in [0.29, 0.717) is 0 Å². The smallest absolute Gasteiger partial charge is 0.0291 e. The van der Waals surface area contributed by atoms with Gasteiger partial charge in [0.2, 0.25) is 0 Å². The molecule has 1 aromatic carbocycles. The Morgan fingerprint density at radius 1 is 1.07 bits per heavy atom. The fraction of sp³-hybridized carbons (Fsp3) is 0.500. The molecular formula is C12H21NO. The van der Waals surface area contributed by atoms with E-state index in [4.69, 9.17) is 5.21 Å². The predicted octanol–water partition coefficient (Wildman–Crippen LogP) is 3.23. The van der Waals surface area contributed by atoms with Gasteiger partial charge in [-0.1, -0.05) is 56.2 Å². The maximum atomic E-state index is 8.31. The van der Waals surface area contributed by atoms with E-state index in [1.807, 2.05) is 43.3 Å². The average molecular weight is 195 g/mol. The van der Waals surface area contributed by atoms with Crippen molar-refractivity contribution in [1.82, 2.24) is 5.48 Å². The Bertz CT molecular complexity index is 162. The lowest BCUT2D eigenvalue weighted by Crippen LogP contribution is -2.21. The number of hydrogen-bond acceptors (Lipinski definition) is 2. The summed E-state index contributed by atoms with van der Waals surface area (Å²) in [4.78, 5) is 0. The summed E-state index contributed by atoms with van der Waals surface area (Å²) in [6.45, 7) is 4.11. The van der Waals surface area contributed by atoms with Gasteiger partial charge in [0.1, 0.15) is 0 Å². The first-order chi connectivity index (χ1) is 6.81. The van der Waals surface area contributed by atoms with Crippen molar-refractivity contribution in [2.24, 2.45) is 0 Å². The van der Waals surface area contributed by atoms with E-state index in [9.17, 15) is 0 Å². The van der Waals surface area contributed by atoms with E-state index in [0.717, 1.165) is 6.42 Å². The lowest BCUT2D eigenvalue weighted by molar-refractivity contribution is 0.128. The largest absolute Gasteiger partial charge is 0.317 e. The third-order valence-electron chi connectivity index (χ3n) is 1.88. The summed E-state index contributed by atoms with van der Waals surface area (Å²) >= 11 is 0. The molecule has 2 nitrogen and oxygen atoms in total. The van der Waals surface area contributed by atoms with Gasteiger partial charge < -0.3 is 5.21 Å². The standard InChI is InChI=1S/C6H15NO.C6H6/c1-3-4-5-6(2)7-8;1-2-4-6-5-3-1/h6-8H,3-5H2,1-2H3;1-6H. The highest BCUT2D eigenvalue weighted by Crippen LogP contribution is 1.97. The average Bonchev–Trinajstić information content (AvgIpc) is 2.29. The summed E-state index contributed by atoms with van der Waals surface area (Å²) in [7, 11) is 0. The highest BCUT2D eigenvalue weighted by molar-refractivity contribution is 4.99. The molecule has 1 unspecified atom stereocenters. The van der Waals surface area contributed by atoms with Crippen molar-refractivity contribution >= 4 is 0 Å². The molecule has 0 saturated carbocycles. The van der Waals surface area contributed by atoms with Gasteiger partial charge in [-0.3, -0.25) is 0 Å². The second kappa shape index (κ2) is 10.2. The van der Waals surface area contributed by atoms with Crippen molar-refractivity contribution in [2.75, 3.05) is 0 Å². The van der Waals surface area contributed by atoms with Crippen LogP contribution in [0.4, 0.5) is 0 Å². The summed E-state index contributed by atoms with van der Waals surface area (Å²) in [6, 6.07) is 12.3. The van der Waals surface area contributed by atoms with Crippen molar-refractivity contribution in [1.29, 1.82) is 0 Å². The topological polar surface area (TPSA) is 32.3 Å². The molecule has 0 amide bonds. The van der Waals surface area contributed by atoms with Gasteiger partial charge in [-0.05, 0) is 13.3 Å². The molecule has 0 fully saturated rings. The highest BCUT2D eigenvalue weighted by atomic mass is 16.5. The van der Waals surface area contributed by atoms with Crippen LogP contribution in [0.3, 0.4) is 0 Å². The molecule has 0 aliphatic heterocycles. The maximum absolute atomic E-state index is 8.31. The number of benzene rings is 1. The van der Waals surface area contributed by atoms with Gasteiger partial charge >= 0.3 is 0 Å². The van der Waals surface area contributed by atoms with Crippen molar-refractivity contribution in [3.8, 4) is 0 Å². The Balaban J connectivity index is 0.000000249. The molecule has 2 heteroatoms. The minimum Gasteiger partial charge on any atom is -0.317 e. The summed E-state index contributed by atoms with van der Waals surface area (Å²) in [5, 5.41) is 8.31. The van der Waals surface area contributed by atoms with Gasteiger partial charge in [-0.15, -0.1) is 0 Å². The molecule has 1 rings (SSSR count). The van der Waals surface area contributed by atoms with Gasteiger partial charge in [0.15, 0.2) is 0 Å². The first-order valence-corrected chi connectivity index (χ1v) is 5.20. The Hall–Kier alpha value is -0.860. The monoisotopic (exact) mass is 195 g/mol. The number of hydroxylamine groups is 1. The summed E-state index contributed by atoms with van der Waals surface area (Å²) < 4.78 is 0. The van der Waals surface area contributed by atoms with Crippen LogP contribution in [0.25, 0.3) is 0 Å². The molecule has 0 spiro atoms. The van der Waals surface area contributed by atoms with Crippen molar-refractivity contribution in [2.45, 2.75) is 39.2 Å². The Labute approximate surface area is 86.9 Å². The summed E-state index contributed by atoms with van der Waals surface area (Å²) in [5.74, 6) is 0. The molecule has 0 aromatic heterocycles. The Morgan fingerprint density at radius 2 is 1.50 bits per heavy atom. The lowest BCUT2D eigenvalue weighted by Gasteiger charge is -2.05. The van der Waals surface area contributed by atoms with E-state index < -0.39 is 0 Å². The van der Waals surface area contributed by atoms with E-state index in [2.05, 4.69) is 12.4 Å². The van der Waals surface area contributed by atoms with Crippen LogP contribution >= 0.6 is 0 Å². The number of hydrogen-bond donors (Lipinski definition) is 2. The molecule has 0 radical (unpaired) electrons. The molecule has 2 N–H and O–H groups in total. The molecule has 0 saturated heterocycles. The second-order valence-corrected chi connectivity index (χ2v) is 3.33.